The Balaban J connectivity index is 0.00000261. The van der Waals surface area contributed by atoms with Crippen LogP contribution in [0.25, 0.3) is 0 Å². The number of likely N-dealkylation sites (tertiary alicyclic amines) is 1. The molecule has 0 radical (unpaired) electrons. The van der Waals surface area contributed by atoms with Crippen molar-refractivity contribution in [3.63, 3.8) is 0 Å². The maximum absolute atomic E-state index is 5.90. The van der Waals surface area contributed by atoms with Crippen LogP contribution in [-0.2, 0) is 10.1 Å². The molecule has 0 amide bonds. The number of nitrogens with zero attached hydrogens (tertiary/aromatic N) is 1. The van der Waals surface area contributed by atoms with Gasteiger partial charge in [0.1, 0.15) is 11.5 Å². The molecule has 27 heavy (non-hydrogen) atoms. The first kappa shape index (κ1) is 22.4. The minimum atomic E-state index is -0.615. The Morgan fingerprint density at radius 3 is 2.33 bits per heavy atom. The third kappa shape index (κ3) is 6.30. The van der Waals surface area contributed by atoms with E-state index in [0.29, 0.717) is 6.61 Å². The number of hydrogen-bond acceptors (Lipinski definition) is 4. The minimum absolute atomic E-state index is 0. The lowest BCUT2D eigenvalue weighted by Crippen LogP contribution is -2.36. The Labute approximate surface area is 171 Å². The molecule has 0 bridgehead atoms. The SMILES string of the molecule is CC(C)(C)CC(C)(C)c1ccc2c(c1)OB(OCCN1CCCCC1)O2.Cl. The van der Waals surface area contributed by atoms with E-state index in [9.17, 15) is 0 Å². The molecule has 0 aromatic heterocycles. The second kappa shape index (κ2) is 9.06. The smallest absolute Gasteiger partial charge is 0.498 e. The summed E-state index contributed by atoms with van der Waals surface area (Å²) in [4.78, 5) is 2.46. The van der Waals surface area contributed by atoms with E-state index >= 15 is 0 Å². The van der Waals surface area contributed by atoms with Crippen molar-refractivity contribution in [1.82, 2.24) is 4.90 Å². The second-order valence-electron chi connectivity index (χ2n) is 9.58. The van der Waals surface area contributed by atoms with Gasteiger partial charge in [-0.15, -0.1) is 12.4 Å². The highest BCUT2D eigenvalue weighted by Gasteiger charge is 2.37. The van der Waals surface area contributed by atoms with E-state index in [-0.39, 0.29) is 23.2 Å². The first-order chi connectivity index (χ1) is 12.2. The molecule has 1 saturated heterocycles. The molecule has 4 nitrogen and oxygen atoms in total. The lowest BCUT2D eigenvalue weighted by atomic mass is 9.72. The van der Waals surface area contributed by atoms with Gasteiger partial charge in [0, 0.05) is 13.2 Å². The van der Waals surface area contributed by atoms with Crippen LogP contribution in [0.3, 0.4) is 0 Å². The van der Waals surface area contributed by atoms with Gasteiger partial charge in [-0.05, 0) is 60.9 Å². The van der Waals surface area contributed by atoms with E-state index in [1.165, 1.54) is 37.9 Å². The van der Waals surface area contributed by atoms with Crippen molar-refractivity contribution in [2.75, 3.05) is 26.2 Å². The monoisotopic (exact) mass is 395 g/mol. The van der Waals surface area contributed by atoms with Crippen LogP contribution in [0.15, 0.2) is 18.2 Å². The molecule has 0 unspecified atom stereocenters. The van der Waals surface area contributed by atoms with Gasteiger partial charge in [-0.25, -0.2) is 0 Å². The molecule has 152 valence electrons. The van der Waals surface area contributed by atoms with Crippen molar-refractivity contribution in [2.45, 2.75) is 65.7 Å². The summed E-state index contributed by atoms with van der Waals surface area (Å²) in [7, 11) is -0.615. The summed E-state index contributed by atoms with van der Waals surface area (Å²) in [6.07, 6.45) is 5.06. The molecule has 0 N–H and O–H groups in total. The fourth-order valence-electron chi connectivity index (χ4n) is 4.31. The van der Waals surface area contributed by atoms with Gasteiger partial charge in [0.25, 0.3) is 0 Å². The van der Waals surface area contributed by atoms with E-state index in [1.807, 2.05) is 6.07 Å². The molecule has 3 rings (SSSR count). The van der Waals surface area contributed by atoms with Crippen molar-refractivity contribution >= 4 is 19.7 Å². The van der Waals surface area contributed by atoms with Crippen LogP contribution in [0.4, 0.5) is 0 Å². The van der Waals surface area contributed by atoms with Crippen LogP contribution < -0.4 is 9.31 Å². The zero-order valence-electron chi connectivity index (χ0n) is 17.5. The number of rotatable bonds is 6. The molecular formula is C21H35BClNO3. The van der Waals surface area contributed by atoms with E-state index in [2.05, 4.69) is 51.7 Å². The summed E-state index contributed by atoms with van der Waals surface area (Å²) >= 11 is 0. The summed E-state index contributed by atoms with van der Waals surface area (Å²) < 4.78 is 17.5. The van der Waals surface area contributed by atoms with Crippen LogP contribution in [0.2, 0.25) is 0 Å². The van der Waals surface area contributed by atoms with E-state index in [0.717, 1.165) is 24.5 Å². The Hall–Kier alpha value is -0.905. The summed E-state index contributed by atoms with van der Waals surface area (Å²) in [5, 5.41) is 0. The van der Waals surface area contributed by atoms with Gasteiger partial charge in [0.2, 0.25) is 0 Å². The molecular weight excluding hydrogens is 361 g/mol. The van der Waals surface area contributed by atoms with Crippen LogP contribution in [0, 0.1) is 5.41 Å². The molecule has 2 aliphatic rings. The molecule has 2 aliphatic heterocycles. The van der Waals surface area contributed by atoms with E-state index in [4.69, 9.17) is 14.0 Å². The highest BCUT2D eigenvalue weighted by atomic mass is 35.5. The molecule has 0 aliphatic carbocycles. The zero-order valence-corrected chi connectivity index (χ0v) is 18.4. The highest BCUT2D eigenvalue weighted by Crippen LogP contribution is 2.41. The predicted octanol–water partition coefficient (Wildman–Crippen LogP) is 5.08. The van der Waals surface area contributed by atoms with Crippen LogP contribution in [0.5, 0.6) is 11.5 Å². The largest absolute Gasteiger partial charge is 0.788 e. The average molecular weight is 396 g/mol. The Bertz CT molecular complexity index is 612. The lowest BCUT2D eigenvalue weighted by Gasteiger charge is -2.33. The summed E-state index contributed by atoms with van der Waals surface area (Å²) in [6.45, 7) is 15.4. The van der Waals surface area contributed by atoms with Gasteiger partial charge in [-0.2, -0.15) is 0 Å². The van der Waals surface area contributed by atoms with Crippen molar-refractivity contribution < 1.29 is 14.0 Å². The summed E-state index contributed by atoms with van der Waals surface area (Å²) in [6, 6.07) is 6.29. The van der Waals surface area contributed by atoms with Crippen molar-refractivity contribution in [3.05, 3.63) is 23.8 Å². The molecule has 0 atom stereocenters. The Kier molecular flexibility index (Phi) is 7.51. The fourth-order valence-corrected chi connectivity index (χ4v) is 4.31. The van der Waals surface area contributed by atoms with Gasteiger partial charge in [0.05, 0.1) is 0 Å². The first-order valence-electron chi connectivity index (χ1n) is 10.0. The van der Waals surface area contributed by atoms with E-state index < -0.39 is 7.32 Å². The maximum atomic E-state index is 5.90. The fraction of sp³-hybridized carbons (Fsp3) is 0.714. The van der Waals surface area contributed by atoms with Gasteiger partial charge in [0.15, 0.2) is 0 Å². The molecule has 1 fully saturated rings. The van der Waals surface area contributed by atoms with E-state index in [1.54, 1.807) is 0 Å². The van der Waals surface area contributed by atoms with Crippen LogP contribution in [-0.4, -0.2) is 38.5 Å². The van der Waals surface area contributed by atoms with Gasteiger partial charge in [-0.3, -0.25) is 0 Å². The minimum Gasteiger partial charge on any atom is -0.498 e. The van der Waals surface area contributed by atoms with Crippen molar-refractivity contribution in [1.29, 1.82) is 0 Å². The summed E-state index contributed by atoms with van der Waals surface area (Å²) in [5.74, 6) is 1.58. The standard InChI is InChI=1S/C21H34BNO3.ClH/c1-20(2,3)16-21(4,5)17-9-10-18-19(15-17)26-22(25-18)24-14-13-23-11-7-6-8-12-23;/h9-10,15H,6-8,11-14,16H2,1-5H3;1H. The first-order valence-corrected chi connectivity index (χ1v) is 10.0. The lowest BCUT2D eigenvalue weighted by molar-refractivity contribution is 0.156. The van der Waals surface area contributed by atoms with Gasteiger partial charge < -0.3 is 18.9 Å². The number of halogens is 1. The molecule has 6 heteroatoms. The van der Waals surface area contributed by atoms with Gasteiger partial charge in [-0.1, -0.05) is 47.1 Å². The van der Waals surface area contributed by atoms with Gasteiger partial charge >= 0.3 is 7.32 Å². The molecule has 2 heterocycles. The number of fused-ring (bicyclic) bond motifs is 1. The molecule has 1 aromatic carbocycles. The average Bonchev–Trinajstić information content (AvgIpc) is 2.95. The topological polar surface area (TPSA) is 30.9 Å². The Morgan fingerprint density at radius 2 is 1.67 bits per heavy atom. The third-order valence-corrected chi connectivity index (χ3v) is 5.25. The quantitative estimate of drug-likeness (QED) is 0.628. The van der Waals surface area contributed by atoms with Crippen LogP contribution >= 0.6 is 12.4 Å². The number of benzene rings is 1. The molecule has 0 saturated carbocycles. The number of hydrogen-bond donors (Lipinski definition) is 0. The van der Waals surface area contributed by atoms with Crippen molar-refractivity contribution in [3.8, 4) is 11.5 Å². The molecule has 0 spiro atoms. The van der Waals surface area contributed by atoms with Crippen molar-refractivity contribution in [2.24, 2.45) is 5.41 Å². The highest BCUT2D eigenvalue weighted by molar-refractivity contribution is 6.40. The zero-order chi connectivity index (χ0) is 18.8. The predicted molar refractivity (Wildman–Crippen MR) is 114 cm³/mol. The third-order valence-electron chi connectivity index (χ3n) is 5.25. The number of piperidine rings is 1. The maximum Gasteiger partial charge on any atom is 0.788 e. The second-order valence-corrected chi connectivity index (χ2v) is 9.58. The Morgan fingerprint density at radius 1 is 1.00 bits per heavy atom. The molecule has 1 aromatic rings. The normalized spacial score (nSPS) is 17.7. The summed E-state index contributed by atoms with van der Waals surface area (Å²) in [5.41, 5.74) is 1.65. The van der Waals surface area contributed by atoms with Crippen LogP contribution in [0.1, 0.15) is 65.9 Å².